The zero-order valence-corrected chi connectivity index (χ0v) is 7.97. The molecule has 9 heteroatoms. The molecule has 0 bridgehead atoms. The van der Waals surface area contributed by atoms with Crippen molar-refractivity contribution in [3.63, 3.8) is 0 Å². The molecule has 2 nitrogen and oxygen atoms in total. The Labute approximate surface area is 84.2 Å². The van der Waals surface area contributed by atoms with Gasteiger partial charge in [-0.2, -0.15) is 22.0 Å². The Balaban J connectivity index is -0.000000405. The van der Waals surface area contributed by atoms with Crippen molar-refractivity contribution in [1.82, 2.24) is 0 Å². The Morgan fingerprint density at radius 3 is 1.45 bits per heavy atom. The molecule has 0 aromatic carbocycles. The van der Waals surface area contributed by atoms with Crippen LogP contribution in [0.5, 0.6) is 0 Å². The van der Waals surface area contributed by atoms with E-state index in [-0.39, 0.29) is 31.0 Å². The van der Waals surface area contributed by atoms with Gasteiger partial charge < -0.3 is 5.98 Å². The van der Waals surface area contributed by atoms with E-state index < -0.39 is 22.5 Å². The van der Waals surface area contributed by atoms with Gasteiger partial charge in [0, 0.05) is 0 Å². The topological polar surface area (TPSA) is 37.3 Å². The summed E-state index contributed by atoms with van der Waals surface area (Å²) in [5, 5.41) is -5.53. The average Bonchev–Trinajstić information content (AvgIpc) is 1.62. The van der Waals surface area contributed by atoms with E-state index in [0.29, 0.717) is 0 Å². The molecule has 0 heterocycles. The predicted octanol–water partition coefficient (Wildman–Crippen LogP) is -1.52. The van der Waals surface area contributed by atoms with E-state index in [1.165, 1.54) is 0 Å². The van der Waals surface area contributed by atoms with Gasteiger partial charge in [0.25, 0.3) is 0 Å². The maximum absolute atomic E-state index is 11.4. The van der Waals surface area contributed by atoms with Crippen LogP contribution in [0.2, 0.25) is 0 Å². The summed E-state index contributed by atoms with van der Waals surface area (Å²) in [4.78, 5) is 0. The minimum absolute atomic E-state index is 0. The summed E-state index contributed by atoms with van der Waals surface area (Å²) in [6, 6.07) is 0. The van der Waals surface area contributed by atoms with Crippen LogP contribution in [0.1, 0.15) is 1.43 Å². The minimum Gasteiger partial charge on any atom is -1.00 e. The van der Waals surface area contributed by atoms with Gasteiger partial charge in [0.1, 0.15) is 0 Å². The van der Waals surface area contributed by atoms with Crippen molar-refractivity contribution in [2.24, 2.45) is 0 Å². The van der Waals surface area contributed by atoms with Crippen molar-refractivity contribution in [1.29, 1.82) is 0 Å². The first-order valence-electron chi connectivity index (χ1n) is 1.75. The van der Waals surface area contributed by atoms with Crippen molar-refractivity contribution in [2.45, 2.75) is 11.4 Å². The fourth-order valence-corrected chi connectivity index (χ4v) is 0.297. The Hall–Kier alpha value is 0.760. The van der Waals surface area contributed by atoms with Crippen LogP contribution in [0.4, 0.5) is 22.0 Å². The monoisotopic (exact) mass is 208 g/mol. The summed E-state index contributed by atoms with van der Waals surface area (Å²) in [6.07, 6.45) is -5.97. The average molecular weight is 208 g/mol. The van der Waals surface area contributed by atoms with Gasteiger partial charge in [-0.15, -0.1) is 0 Å². The zero-order valence-electron chi connectivity index (χ0n) is 6.15. The molecule has 1 unspecified atom stereocenters. The Morgan fingerprint density at radius 2 is 1.45 bits per heavy atom. The number of rotatable bonds is 1. The molecule has 0 aromatic rings. The van der Waals surface area contributed by atoms with Crippen LogP contribution in [-0.2, 0) is 11.1 Å². The quantitative estimate of drug-likeness (QED) is 0.323. The molecule has 0 rings (SSSR count). The molecule has 1 atom stereocenters. The summed E-state index contributed by atoms with van der Waals surface area (Å²) in [5.74, 6) is 0. The third kappa shape index (κ3) is 3.32. The van der Waals surface area contributed by atoms with Crippen LogP contribution in [-0.4, -0.2) is 20.2 Å². The van der Waals surface area contributed by atoms with E-state index in [0.717, 1.165) is 0 Å². The molecular weight excluding hydrogens is 206 g/mol. The predicted molar refractivity (Wildman–Crippen MR) is 22.9 cm³/mol. The van der Waals surface area contributed by atoms with E-state index in [1.54, 1.807) is 0 Å². The van der Waals surface area contributed by atoms with E-state index in [1.807, 2.05) is 0 Å². The number of hydrogen-bond donors (Lipinski definition) is 1. The van der Waals surface area contributed by atoms with E-state index in [2.05, 4.69) is 0 Å². The van der Waals surface area contributed by atoms with Gasteiger partial charge >= 0.3 is 41.0 Å². The van der Waals surface area contributed by atoms with Gasteiger partial charge in [0.15, 0.2) is 0 Å². The first-order chi connectivity index (χ1) is 4.19. The van der Waals surface area contributed by atoms with Gasteiger partial charge in [-0.05, 0) is 0 Å². The fourth-order valence-electron chi connectivity index (χ4n) is 0.0990. The molecule has 0 radical (unpaired) electrons. The van der Waals surface area contributed by atoms with Gasteiger partial charge in [0.05, 0.1) is 0 Å². The van der Waals surface area contributed by atoms with Crippen LogP contribution in [0.3, 0.4) is 0 Å². The molecule has 0 aliphatic heterocycles. The normalized spacial score (nSPS) is 15.5. The van der Waals surface area contributed by atoms with Crippen molar-refractivity contribution < 1.29 is 61.7 Å². The minimum atomic E-state index is -5.97. The molecule has 1 N–H and O–H groups in total. The first-order valence-corrected chi connectivity index (χ1v) is 2.86. The summed E-state index contributed by atoms with van der Waals surface area (Å²) < 4.78 is 72.4. The molecule has 11 heavy (non-hydrogen) atoms. The van der Waals surface area contributed by atoms with E-state index >= 15 is 0 Å². The summed E-state index contributed by atoms with van der Waals surface area (Å²) in [6.45, 7) is 0. The first kappa shape index (κ1) is 14.3. The van der Waals surface area contributed by atoms with Crippen LogP contribution < -0.4 is 29.6 Å². The zero-order chi connectivity index (χ0) is 8.58. The number of hydrogen-bond acceptors (Lipinski definition) is 1. The maximum Gasteiger partial charge on any atom is 1.00 e. The van der Waals surface area contributed by atoms with Gasteiger partial charge in [-0.1, -0.05) is 0 Å². The van der Waals surface area contributed by atoms with E-state index in [4.69, 9.17) is 4.55 Å². The Kier molecular flexibility index (Phi) is 5.36. The van der Waals surface area contributed by atoms with Crippen molar-refractivity contribution in [3.8, 4) is 0 Å². The molecule has 0 spiro atoms. The van der Waals surface area contributed by atoms with Crippen LogP contribution in [0, 0.1) is 0 Å². The molecule has 64 valence electrons. The largest absolute Gasteiger partial charge is 1.00 e. The second-order valence-corrected chi connectivity index (χ2v) is 2.27. The Bertz CT molecular complexity index is 160. The molecule has 0 saturated carbocycles. The maximum atomic E-state index is 11.4. The second kappa shape index (κ2) is 4.13. The summed E-state index contributed by atoms with van der Waals surface area (Å²) in [7, 11) is 0. The van der Waals surface area contributed by atoms with Gasteiger partial charge in [0.2, 0.25) is 11.1 Å². The number of alkyl halides is 5. The molecule has 0 saturated heterocycles. The van der Waals surface area contributed by atoms with Crippen molar-refractivity contribution in [3.05, 3.63) is 0 Å². The third-order valence-corrected chi connectivity index (χ3v) is 1.22. The molecule has 0 aliphatic carbocycles. The molecular formula is C2H2F5NaO2S. The standard InChI is InChI=1S/C2HF5O2S.Na.H/c3-1(4,5)2(6,7)10(8)9;;/h(H,8,9);;/q;+1;-1. The molecule has 0 aromatic heterocycles. The van der Waals surface area contributed by atoms with Crippen LogP contribution in [0.15, 0.2) is 0 Å². The van der Waals surface area contributed by atoms with Gasteiger partial charge in [-0.3, -0.25) is 0 Å². The van der Waals surface area contributed by atoms with Gasteiger partial charge in [-0.25, -0.2) is 4.21 Å². The second-order valence-electron chi connectivity index (χ2n) is 1.26. The molecule has 0 fully saturated rings. The van der Waals surface area contributed by atoms with Crippen LogP contribution in [0.25, 0.3) is 0 Å². The van der Waals surface area contributed by atoms with Crippen molar-refractivity contribution in [2.75, 3.05) is 0 Å². The summed E-state index contributed by atoms with van der Waals surface area (Å²) in [5.41, 5.74) is 0. The molecule has 0 aliphatic rings. The van der Waals surface area contributed by atoms with Crippen molar-refractivity contribution >= 4 is 11.1 Å². The van der Waals surface area contributed by atoms with Crippen LogP contribution >= 0.6 is 0 Å². The molecule has 0 amide bonds. The third-order valence-electron chi connectivity index (χ3n) is 0.549. The fraction of sp³-hybridized carbons (Fsp3) is 1.00. The smallest absolute Gasteiger partial charge is 1.00 e. The Morgan fingerprint density at radius 1 is 1.18 bits per heavy atom. The number of halogens is 5. The summed E-state index contributed by atoms with van der Waals surface area (Å²) >= 11 is -4.20. The SMILES string of the molecule is O=S(O)C(F)(F)C(F)(F)F.[H-].[Na+]. The van der Waals surface area contributed by atoms with E-state index in [9.17, 15) is 26.2 Å².